The number of carbonyl (C=O) groups is 1. The van der Waals surface area contributed by atoms with Gasteiger partial charge in [0.2, 0.25) is 5.91 Å². The summed E-state index contributed by atoms with van der Waals surface area (Å²) in [5.41, 5.74) is 1.13. The van der Waals surface area contributed by atoms with Crippen molar-refractivity contribution in [1.82, 2.24) is 0 Å². The van der Waals surface area contributed by atoms with E-state index < -0.39 is 11.9 Å². The fourth-order valence-corrected chi connectivity index (χ4v) is 2.03. The zero-order valence-corrected chi connectivity index (χ0v) is 10.5. The van der Waals surface area contributed by atoms with Crippen LogP contribution in [-0.4, -0.2) is 23.0 Å². The van der Waals surface area contributed by atoms with E-state index in [1.54, 1.807) is 6.07 Å². The van der Waals surface area contributed by atoms with Gasteiger partial charge in [-0.15, -0.1) is 0 Å². The van der Waals surface area contributed by atoms with Gasteiger partial charge in [0, 0.05) is 10.9 Å². The lowest BCUT2D eigenvalue weighted by Crippen LogP contribution is -2.16. The molecule has 0 bridgehead atoms. The molecule has 4 nitrogen and oxygen atoms in total. The van der Waals surface area contributed by atoms with Crippen molar-refractivity contribution in [1.29, 1.82) is 0 Å². The van der Waals surface area contributed by atoms with E-state index in [1.165, 1.54) is 6.07 Å². The number of hydrogen-bond donors (Lipinski definition) is 2. The third-order valence-electron chi connectivity index (χ3n) is 2.48. The largest absolute Gasteiger partial charge is 0.388 e. The summed E-state index contributed by atoms with van der Waals surface area (Å²) in [6.45, 7) is 0.0539. The van der Waals surface area contributed by atoms with Gasteiger partial charge in [-0.05, 0) is 17.7 Å². The van der Waals surface area contributed by atoms with Gasteiger partial charge in [-0.3, -0.25) is 4.79 Å². The average Bonchev–Trinajstić information content (AvgIpc) is 2.49. The summed E-state index contributed by atoms with van der Waals surface area (Å²) in [5, 5.41) is 12.4. The molecule has 0 aromatic heterocycles. The second-order valence-corrected chi connectivity index (χ2v) is 4.40. The van der Waals surface area contributed by atoms with Crippen molar-refractivity contribution in [3.8, 4) is 0 Å². The van der Waals surface area contributed by atoms with Gasteiger partial charge in [0.1, 0.15) is 12.4 Å². The van der Waals surface area contributed by atoms with Crippen LogP contribution in [0.3, 0.4) is 0 Å². The van der Waals surface area contributed by atoms with Gasteiger partial charge in [-0.2, -0.15) is 0 Å². The summed E-state index contributed by atoms with van der Waals surface area (Å²) in [5.74, 6) is -0.937. The number of nitrogens with one attached hydrogen (secondary N) is 1. The summed E-state index contributed by atoms with van der Waals surface area (Å²) in [6.07, 6.45) is -0.784. The van der Waals surface area contributed by atoms with E-state index >= 15 is 0 Å². The second-order valence-electron chi connectivity index (χ2n) is 3.75. The lowest BCUT2D eigenvalue weighted by molar-refractivity contribution is -0.120. The Hall–Kier alpha value is -0.980. The van der Waals surface area contributed by atoms with Crippen LogP contribution in [0.1, 0.15) is 17.2 Å². The van der Waals surface area contributed by atoms with E-state index in [2.05, 4.69) is 21.2 Å². The molecule has 1 unspecified atom stereocenters. The summed E-state index contributed by atoms with van der Waals surface area (Å²) >= 11 is 3.12. The average molecular weight is 304 g/mol. The molecule has 1 heterocycles. The first-order valence-corrected chi connectivity index (χ1v) is 6.18. The van der Waals surface area contributed by atoms with Crippen molar-refractivity contribution in [2.75, 3.05) is 17.3 Å². The van der Waals surface area contributed by atoms with Gasteiger partial charge < -0.3 is 15.2 Å². The zero-order valence-electron chi connectivity index (χ0n) is 8.87. The first kappa shape index (κ1) is 12.5. The van der Waals surface area contributed by atoms with Crippen LogP contribution in [0.5, 0.6) is 0 Å². The number of fused-ring (bicyclic) bond motifs is 1. The van der Waals surface area contributed by atoms with E-state index in [9.17, 15) is 14.3 Å². The highest BCUT2D eigenvalue weighted by atomic mass is 79.9. The number of hydrogen-bond acceptors (Lipinski definition) is 3. The van der Waals surface area contributed by atoms with Gasteiger partial charge in [-0.1, -0.05) is 15.9 Å². The Bertz CT molecular complexity index is 453. The molecule has 2 rings (SSSR count). The number of halogens is 2. The highest BCUT2D eigenvalue weighted by Gasteiger charge is 2.19. The summed E-state index contributed by atoms with van der Waals surface area (Å²) in [4.78, 5) is 11.2. The van der Waals surface area contributed by atoms with Crippen molar-refractivity contribution in [2.24, 2.45) is 0 Å². The Morgan fingerprint density at radius 1 is 1.53 bits per heavy atom. The minimum Gasteiger partial charge on any atom is -0.388 e. The van der Waals surface area contributed by atoms with Crippen LogP contribution in [0, 0.1) is 5.82 Å². The summed E-state index contributed by atoms with van der Waals surface area (Å²) in [7, 11) is 0. The molecule has 17 heavy (non-hydrogen) atoms. The standard InChI is InChI=1S/C11H11BrFNO3/c12-3-9(15)6-1-7-4-17-5-10(16)14-11(7)8(13)2-6/h1-2,9,15H,3-5H2,(H,14,16). The van der Waals surface area contributed by atoms with Crippen LogP contribution in [0.2, 0.25) is 0 Å². The van der Waals surface area contributed by atoms with E-state index in [4.69, 9.17) is 4.74 Å². The lowest BCUT2D eigenvalue weighted by atomic mass is 10.0. The SMILES string of the molecule is O=C1COCc2cc(C(O)CBr)cc(F)c2N1. The van der Waals surface area contributed by atoms with E-state index in [0.717, 1.165) is 0 Å². The van der Waals surface area contributed by atoms with Crippen LogP contribution in [-0.2, 0) is 16.1 Å². The van der Waals surface area contributed by atoms with Crippen LogP contribution < -0.4 is 5.32 Å². The Morgan fingerprint density at radius 2 is 2.29 bits per heavy atom. The van der Waals surface area contributed by atoms with E-state index in [0.29, 0.717) is 16.5 Å². The first-order valence-electron chi connectivity index (χ1n) is 5.05. The molecule has 0 aliphatic carbocycles. The molecule has 0 saturated heterocycles. The molecule has 0 radical (unpaired) electrons. The van der Waals surface area contributed by atoms with Gasteiger partial charge in [0.15, 0.2) is 0 Å². The minimum absolute atomic E-state index is 0.0928. The number of aliphatic hydroxyl groups excluding tert-OH is 1. The number of amides is 1. The van der Waals surface area contributed by atoms with Crippen molar-refractivity contribution < 1.29 is 19.0 Å². The van der Waals surface area contributed by atoms with E-state index in [1.807, 2.05) is 0 Å². The fourth-order valence-electron chi connectivity index (χ4n) is 1.65. The molecule has 0 saturated carbocycles. The minimum atomic E-state index is -0.784. The first-order chi connectivity index (χ1) is 8.11. The normalized spacial score (nSPS) is 17.0. The highest BCUT2D eigenvalue weighted by molar-refractivity contribution is 9.09. The number of carbonyl (C=O) groups excluding carboxylic acids is 1. The molecule has 6 heteroatoms. The van der Waals surface area contributed by atoms with Gasteiger partial charge >= 0.3 is 0 Å². The van der Waals surface area contributed by atoms with Gasteiger partial charge in [0.05, 0.1) is 18.4 Å². The number of rotatable bonds is 2. The predicted molar refractivity (Wildman–Crippen MR) is 63.4 cm³/mol. The van der Waals surface area contributed by atoms with Crippen molar-refractivity contribution in [3.63, 3.8) is 0 Å². The molecular formula is C11H11BrFNO3. The third-order valence-corrected chi connectivity index (χ3v) is 3.09. The third kappa shape index (κ3) is 2.65. The molecule has 0 spiro atoms. The topological polar surface area (TPSA) is 58.6 Å². The number of benzene rings is 1. The molecule has 1 amide bonds. The van der Waals surface area contributed by atoms with Crippen molar-refractivity contribution in [3.05, 3.63) is 29.1 Å². The summed E-state index contributed by atoms with van der Waals surface area (Å²) in [6, 6.07) is 2.85. The molecule has 1 aromatic rings. The fraction of sp³-hybridized carbons (Fsp3) is 0.364. The van der Waals surface area contributed by atoms with Crippen LogP contribution in [0.4, 0.5) is 10.1 Å². The molecule has 2 N–H and O–H groups in total. The highest BCUT2D eigenvalue weighted by Crippen LogP contribution is 2.28. The van der Waals surface area contributed by atoms with Crippen molar-refractivity contribution >= 4 is 27.5 Å². The number of anilines is 1. The van der Waals surface area contributed by atoms with Crippen LogP contribution in [0.15, 0.2) is 12.1 Å². The predicted octanol–water partition coefficient (Wildman–Crippen LogP) is 1.72. The second kappa shape index (κ2) is 5.12. The van der Waals surface area contributed by atoms with Crippen molar-refractivity contribution in [2.45, 2.75) is 12.7 Å². The van der Waals surface area contributed by atoms with Gasteiger partial charge in [-0.25, -0.2) is 4.39 Å². The Kier molecular flexibility index (Phi) is 3.76. The lowest BCUT2D eigenvalue weighted by Gasteiger charge is -2.13. The quantitative estimate of drug-likeness (QED) is 0.818. The van der Waals surface area contributed by atoms with Crippen LogP contribution in [0.25, 0.3) is 0 Å². The molecule has 1 atom stereocenters. The smallest absolute Gasteiger partial charge is 0.250 e. The maximum absolute atomic E-state index is 13.8. The molecule has 1 aromatic carbocycles. The zero-order chi connectivity index (χ0) is 12.4. The molecule has 0 fully saturated rings. The number of alkyl halides is 1. The summed E-state index contributed by atoms with van der Waals surface area (Å²) < 4.78 is 18.9. The molecular weight excluding hydrogens is 293 g/mol. The Labute approximate surface area is 106 Å². The Balaban J connectivity index is 2.43. The maximum atomic E-state index is 13.8. The van der Waals surface area contributed by atoms with Gasteiger partial charge in [0.25, 0.3) is 0 Å². The van der Waals surface area contributed by atoms with E-state index in [-0.39, 0.29) is 24.8 Å². The number of ether oxygens (including phenoxy) is 1. The molecule has 1 aliphatic heterocycles. The molecule has 1 aliphatic rings. The van der Waals surface area contributed by atoms with Crippen LogP contribution >= 0.6 is 15.9 Å². The Morgan fingerprint density at radius 3 is 3.00 bits per heavy atom. The number of aliphatic hydroxyl groups is 1. The monoisotopic (exact) mass is 303 g/mol. The molecule has 92 valence electrons. The maximum Gasteiger partial charge on any atom is 0.250 e.